The van der Waals surface area contributed by atoms with Gasteiger partial charge in [0, 0.05) is 12.5 Å². The van der Waals surface area contributed by atoms with Gasteiger partial charge in [-0.3, -0.25) is 14.1 Å². The largest absolute Gasteiger partial charge is 0.394 e. The van der Waals surface area contributed by atoms with Crippen molar-refractivity contribution >= 4 is 28.1 Å². The molecule has 0 aliphatic rings. The molecular weight excluding hydrogens is 314 g/mol. The molecule has 0 spiro atoms. The zero-order chi connectivity index (χ0) is 16.8. The summed E-state index contributed by atoms with van der Waals surface area (Å²) in [5.41, 5.74) is 2.11. The summed E-state index contributed by atoms with van der Waals surface area (Å²) in [5, 5.41) is 14.7. The second-order valence-corrected chi connectivity index (χ2v) is 5.57. The van der Waals surface area contributed by atoms with Crippen molar-refractivity contribution in [3.8, 4) is 0 Å². The number of carbonyl (C=O) groups excluding carboxylic acids is 2. The third kappa shape index (κ3) is 5.24. The van der Waals surface area contributed by atoms with Gasteiger partial charge < -0.3 is 10.4 Å². The van der Waals surface area contributed by atoms with Gasteiger partial charge in [-0.25, -0.2) is 5.43 Å². The number of hydrogen-bond donors (Lipinski definition) is 4. The van der Waals surface area contributed by atoms with E-state index < -0.39 is 34.6 Å². The third-order valence-corrected chi connectivity index (χ3v) is 3.38. The number of nitrogens with one attached hydrogen (secondary N) is 2. The number of aliphatic hydroxyl groups is 1. The molecule has 0 saturated carbocycles. The maximum atomic E-state index is 11.6. The Kier molecular flexibility index (Phi) is 6.16. The van der Waals surface area contributed by atoms with Gasteiger partial charge in [-0.1, -0.05) is 18.2 Å². The van der Waals surface area contributed by atoms with E-state index in [0.717, 1.165) is 6.21 Å². The fourth-order valence-electron chi connectivity index (χ4n) is 1.50. The first-order chi connectivity index (χ1) is 10.3. The summed E-state index contributed by atoms with van der Waals surface area (Å²) in [6.07, 6.45) is 1.02. The lowest BCUT2D eigenvalue weighted by atomic mass is 10.2. The molecule has 1 aromatic rings. The minimum Gasteiger partial charge on any atom is -0.394 e. The first-order valence-corrected chi connectivity index (χ1v) is 7.47. The maximum absolute atomic E-state index is 11.6. The van der Waals surface area contributed by atoms with Crippen LogP contribution in [0, 0.1) is 0 Å². The van der Waals surface area contributed by atoms with Crippen LogP contribution in [0.2, 0.25) is 0 Å². The number of benzene rings is 1. The highest BCUT2D eigenvalue weighted by atomic mass is 32.2. The lowest BCUT2D eigenvalue weighted by Gasteiger charge is -2.12. The molecular formula is C12H15N3O6S. The Labute approximate surface area is 126 Å². The van der Waals surface area contributed by atoms with Crippen molar-refractivity contribution in [3.63, 3.8) is 0 Å². The molecule has 9 nitrogen and oxygen atoms in total. The van der Waals surface area contributed by atoms with E-state index in [2.05, 4.69) is 10.4 Å². The van der Waals surface area contributed by atoms with Gasteiger partial charge in [0.05, 0.1) is 12.8 Å². The van der Waals surface area contributed by atoms with Crippen LogP contribution in [0.25, 0.3) is 0 Å². The summed E-state index contributed by atoms with van der Waals surface area (Å²) < 4.78 is 31.4. The van der Waals surface area contributed by atoms with Gasteiger partial charge in [0.1, 0.15) is 10.9 Å². The molecule has 1 aromatic carbocycles. The molecule has 0 unspecified atom stereocenters. The van der Waals surface area contributed by atoms with E-state index in [4.69, 9.17) is 9.66 Å². The first kappa shape index (κ1) is 17.8. The van der Waals surface area contributed by atoms with Crippen LogP contribution < -0.4 is 10.7 Å². The van der Waals surface area contributed by atoms with Crippen LogP contribution in [0.15, 0.2) is 34.3 Å². The lowest BCUT2D eigenvalue weighted by Crippen LogP contribution is -2.47. The van der Waals surface area contributed by atoms with Gasteiger partial charge in [-0.15, -0.1) is 0 Å². The Balaban J connectivity index is 2.82. The van der Waals surface area contributed by atoms with E-state index in [1.54, 1.807) is 0 Å². The third-order valence-electron chi connectivity index (χ3n) is 2.45. The SMILES string of the molecule is CC(=O)N[C@H](CO)C(=O)N/N=C\c1ccccc1S(=O)(=O)O. The average molecular weight is 329 g/mol. The van der Waals surface area contributed by atoms with E-state index in [1.807, 2.05) is 5.43 Å². The number of carbonyl (C=O) groups is 2. The van der Waals surface area contributed by atoms with Crippen molar-refractivity contribution in [2.45, 2.75) is 17.9 Å². The smallest absolute Gasteiger partial charge is 0.295 e. The van der Waals surface area contributed by atoms with Gasteiger partial charge in [0.25, 0.3) is 16.0 Å². The van der Waals surface area contributed by atoms with Gasteiger partial charge >= 0.3 is 0 Å². The van der Waals surface area contributed by atoms with Crippen LogP contribution in [0.5, 0.6) is 0 Å². The van der Waals surface area contributed by atoms with Gasteiger partial charge in [-0.2, -0.15) is 13.5 Å². The summed E-state index contributed by atoms with van der Waals surface area (Å²) in [4.78, 5) is 22.1. The normalized spacial score (nSPS) is 12.9. The molecule has 0 fully saturated rings. The van der Waals surface area contributed by atoms with Crippen LogP contribution in [0.4, 0.5) is 0 Å². The highest BCUT2D eigenvalue weighted by Gasteiger charge is 2.18. The van der Waals surface area contributed by atoms with E-state index in [0.29, 0.717) is 0 Å². The monoisotopic (exact) mass is 329 g/mol. The predicted molar refractivity (Wildman–Crippen MR) is 76.7 cm³/mol. The van der Waals surface area contributed by atoms with Gasteiger partial charge in [0.2, 0.25) is 5.91 Å². The summed E-state index contributed by atoms with van der Waals surface area (Å²) >= 11 is 0. The highest BCUT2D eigenvalue weighted by molar-refractivity contribution is 7.86. The number of rotatable bonds is 6. The number of amides is 2. The lowest BCUT2D eigenvalue weighted by molar-refractivity contribution is -0.129. The Morgan fingerprint density at radius 1 is 1.36 bits per heavy atom. The van der Waals surface area contributed by atoms with Gasteiger partial charge in [-0.05, 0) is 6.07 Å². The molecule has 0 saturated heterocycles. The van der Waals surface area contributed by atoms with Gasteiger partial charge in [0.15, 0.2) is 0 Å². The van der Waals surface area contributed by atoms with Crippen molar-refractivity contribution in [1.29, 1.82) is 0 Å². The summed E-state index contributed by atoms with van der Waals surface area (Å²) in [6, 6.07) is 4.30. The number of hydrogen-bond acceptors (Lipinski definition) is 6. The van der Waals surface area contributed by atoms with E-state index in [9.17, 15) is 18.0 Å². The molecule has 10 heteroatoms. The number of aliphatic hydroxyl groups excluding tert-OH is 1. The molecule has 0 radical (unpaired) electrons. The molecule has 0 bridgehead atoms. The standard InChI is InChI=1S/C12H15N3O6S/c1-8(17)14-10(7-16)12(18)15-13-6-9-4-2-3-5-11(9)22(19,20)21/h2-6,10,16H,7H2,1H3,(H,14,17)(H,15,18)(H,19,20,21)/b13-6-/t10-/m1/s1. The number of nitrogens with zero attached hydrogens (tertiary/aromatic N) is 1. The molecule has 2 amide bonds. The zero-order valence-corrected chi connectivity index (χ0v) is 12.4. The quantitative estimate of drug-likeness (QED) is 0.295. The molecule has 0 heterocycles. The van der Waals surface area contributed by atoms with Crippen LogP contribution >= 0.6 is 0 Å². The molecule has 0 aromatic heterocycles. The van der Waals surface area contributed by atoms with Crippen LogP contribution in [0.1, 0.15) is 12.5 Å². The second kappa shape index (κ2) is 7.64. The Hall–Kier alpha value is -2.30. The number of hydrazone groups is 1. The summed E-state index contributed by atoms with van der Waals surface area (Å²) in [7, 11) is -4.42. The molecule has 4 N–H and O–H groups in total. The summed E-state index contributed by atoms with van der Waals surface area (Å²) in [5.74, 6) is -1.28. The highest BCUT2D eigenvalue weighted by Crippen LogP contribution is 2.12. The van der Waals surface area contributed by atoms with Crippen molar-refractivity contribution in [2.24, 2.45) is 5.10 Å². The summed E-state index contributed by atoms with van der Waals surface area (Å²) in [6.45, 7) is 0.560. The fraction of sp³-hybridized carbons (Fsp3) is 0.250. The minimum atomic E-state index is -4.42. The zero-order valence-electron chi connectivity index (χ0n) is 11.6. The Bertz CT molecular complexity index is 686. The van der Waals surface area contributed by atoms with E-state index in [-0.39, 0.29) is 10.5 Å². The molecule has 1 atom stereocenters. The molecule has 22 heavy (non-hydrogen) atoms. The van der Waals surface area contributed by atoms with Crippen molar-refractivity contribution in [1.82, 2.24) is 10.7 Å². The van der Waals surface area contributed by atoms with E-state index in [1.165, 1.54) is 31.2 Å². The van der Waals surface area contributed by atoms with Crippen molar-refractivity contribution in [2.75, 3.05) is 6.61 Å². The van der Waals surface area contributed by atoms with Crippen molar-refractivity contribution in [3.05, 3.63) is 29.8 Å². The van der Waals surface area contributed by atoms with E-state index >= 15 is 0 Å². The topological polar surface area (TPSA) is 145 Å². The average Bonchev–Trinajstić information content (AvgIpc) is 2.43. The second-order valence-electron chi connectivity index (χ2n) is 4.18. The van der Waals surface area contributed by atoms with Crippen LogP contribution in [-0.2, 0) is 19.7 Å². The Morgan fingerprint density at radius 2 is 2.00 bits per heavy atom. The van der Waals surface area contributed by atoms with Crippen LogP contribution in [0.3, 0.4) is 0 Å². The maximum Gasteiger partial charge on any atom is 0.295 e. The fourth-order valence-corrected chi connectivity index (χ4v) is 2.17. The predicted octanol–water partition coefficient (Wildman–Crippen LogP) is -1.12. The minimum absolute atomic E-state index is 0.0605. The molecule has 0 aliphatic carbocycles. The molecule has 120 valence electrons. The van der Waals surface area contributed by atoms with Crippen molar-refractivity contribution < 1.29 is 27.7 Å². The molecule has 0 aliphatic heterocycles. The first-order valence-electron chi connectivity index (χ1n) is 6.03. The molecule has 1 rings (SSSR count). The van der Waals surface area contributed by atoms with Crippen LogP contribution in [-0.4, -0.2) is 48.8 Å². The Morgan fingerprint density at radius 3 is 2.55 bits per heavy atom.